The highest BCUT2D eigenvalue weighted by Gasteiger charge is 2.30. The Morgan fingerprint density at radius 1 is 1.43 bits per heavy atom. The zero-order valence-corrected chi connectivity index (χ0v) is 13.9. The molecule has 3 unspecified atom stereocenters. The molecule has 7 nitrogen and oxygen atoms in total. The number of β-amino-alcohol motifs (C(OH)–C–C–N with tert-alkyl or cyclic N) is 1. The van der Waals surface area contributed by atoms with Crippen LogP contribution in [0.4, 0.5) is 0 Å². The molecule has 126 valence electrons. The Morgan fingerprint density at radius 3 is 2.61 bits per heavy atom. The van der Waals surface area contributed by atoms with Crippen molar-refractivity contribution in [3.8, 4) is 6.07 Å². The van der Waals surface area contributed by atoms with Gasteiger partial charge in [-0.15, -0.1) is 0 Å². The van der Waals surface area contributed by atoms with Gasteiger partial charge in [-0.2, -0.15) is 5.26 Å². The zero-order valence-electron chi connectivity index (χ0n) is 13.9. The molecule has 7 heteroatoms. The van der Waals surface area contributed by atoms with E-state index in [-0.39, 0.29) is 24.3 Å². The van der Waals surface area contributed by atoms with Crippen molar-refractivity contribution in [2.45, 2.75) is 39.1 Å². The van der Waals surface area contributed by atoms with Crippen LogP contribution in [-0.4, -0.2) is 65.4 Å². The molecule has 0 aromatic rings. The number of nitrogens with zero attached hydrogens (tertiary/aromatic N) is 3. The fourth-order valence-electron chi connectivity index (χ4n) is 3.00. The lowest BCUT2D eigenvalue weighted by Gasteiger charge is -2.37. The number of rotatable bonds is 4. The molecule has 1 saturated heterocycles. The maximum absolute atomic E-state index is 12.2. The molecule has 0 aromatic carbocycles. The molecule has 23 heavy (non-hydrogen) atoms. The first-order valence-electron chi connectivity index (χ1n) is 7.76. The Bertz CT molecular complexity index is 556. The van der Waals surface area contributed by atoms with Gasteiger partial charge in [0.1, 0.15) is 11.6 Å². The quantitative estimate of drug-likeness (QED) is 0.767. The number of ether oxygens (including phenoxy) is 1. The van der Waals surface area contributed by atoms with Gasteiger partial charge in [0.05, 0.1) is 30.6 Å². The van der Waals surface area contributed by atoms with Crippen molar-refractivity contribution in [2.75, 3.05) is 26.2 Å². The van der Waals surface area contributed by atoms with Gasteiger partial charge in [0, 0.05) is 19.6 Å². The first kappa shape index (κ1) is 17.5. The molecule has 2 aliphatic rings. The largest absolute Gasteiger partial charge is 0.390 e. The molecule has 0 aliphatic carbocycles. The number of hydrogen-bond acceptors (Lipinski definition) is 6. The third kappa shape index (κ3) is 4.10. The minimum atomic E-state index is -0.727. The van der Waals surface area contributed by atoms with E-state index in [9.17, 15) is 9.90 Å². The van der Waals surface area contributed by atoms with Gasteiger partial charge in [0.25, 0.3) is 5.91 Å². The Hall–Kier alpha value is -1.88. The number of aliphatic hydroxyl groups is 1. The van der Waals surface area contributed by atoms with E-state index in [0.717, 1.165) is 13.1 Å². The van der Waals surface area contributed by atoms with E-state index in [2.05, 4.69) is 16.9 Å². The summed E-state index contributed by atoms with van der Waals surface area (Å²) in [6.07, 6.45) is -0.484. The fraction of sp³-hybridized carbons (Fsp3) is 0.625. The van der Waals surface area contributed by atoms with Gasteiger partial charge in [-0.25, -0.2) is 5.01 Å². The van der Waals surface area contributed by atoms with Crippen LogP contribution in [0.3, 0.4) is 0 Å². The number of aliphatic hydroxyl groups excluding tert-OH is 1. The van der Waals surface area contributed by atoms with E-state index in [1.165, 1.54) is 5.01 Å². The van der Waals surface area contributed by atoms with E-state index < -0.39 is 12.0 Å². The first-order valence-corrected chi connectivity index (χ1v) is 7.76. The van der Waals surface area contributed by atoms with Crippen molar-refractivity contribution in [3.05, 3.63) is 23.4 Å². The summed E-state index contributed by atoms with van der Waals surface area (Å²) >= 11 is 0. The number of carbonyl (C=O) groups is 1. The van der Waals surface area contributed by atoms with Gasteiger partial charge >= 0.3 is 0 Å². The molecular formula is C16H24N4O3. The molecule has 0 spiro atoms. The number of amides is 1. The van der Waals surface area contributed by atoms with E-state index in [1.807, 2.05) is 19.9 Å². The molecule has 1 fully saturated rings. The van der Waals surface area contributed by atoms with Gasteiger partial charge in [0.2, 0.25) is 0 Å². The highest BCUT2D eigenvalue weighted by Crippen LogP contribution is 2.19. The lowest BCUT2D eigenvalue weighted by atomic mass is 10.1. The highest BCUT2D eigenvalue weighted by molar-refractivity contribution is 5.99. The Kier molecular flexibility index (Phi) is 5.42. The normalized spacial score (nSPS) is 27.7. The van der Waals surface area contributed by atoms with Crippen LogP contribution in [0.5, 0.6) is 0 Å². The second kappa shape index (κ2) is 7.13. The number of allylic oxidation sites excluding steroid dienone is 1. The highest BCUT2D eigenvalue weighted by atomic mass is 16.5. The monoisotopic (exact) mass is 320 g/mol. The van der Waals surface area contributed by atoms with Crippen molar-refractivity contribution < 1.29 is 14.6 Å². The van der Waals surface area contributed by atoms with Gasteiger partial charge in [-0.3, -0.25) is 15.1 Å². The minimum Gasteiger partial charge on any atom is -0.390 e. The second-order valence-corrected chi connectivity index (χ2v) is 6.25. The summed E-state index contributed by atoms with van der Waals surface area (Å²) in [5, 5.41) is 20.7. The summed E-state index contributed by atoms with van der Waals surface area (Å²) in [5.41, 5.74) is 3.95. The standard InChI is InChI=1S/C16H24N4O3/c1-10-6-19(7-11(2)23-10)8-14(21)9-20-16(22)15(5-17)12(3)13(4)18-20/h10-11,14,18,21H,4,6-9H2,1-3H3. The summed E-state index contributed by atoms with van der Waals surface area (Å²) < 4.78 is 5.67. The smallest absolute Gasteiger partial charge is 0.283 e. The summed E-state index contributed by atoms with van der Waals surface area (Å²) in [7, 11) is 0. The van der Waals surface area contributed by atoms with Crippen molar-refractivity contribution in [2.24, 2.45) is 0 Å². The maximum atomic E-state index is 12.2. The third-order valence-electron chi connectivity index (χ3n) is 4.03. The number of carbonyl (C=O) groups excluding carboxylic acids is 1. The van der Waals surface area contributed by atoms with Crippen LogP contribution in [0.15, 0.2) is 23.4 Å². The Labute approximate surface area is 136 Å². The SMILES string of the molecule is C=C1NN(CC(O)CN2CC(C)OC(C)C2)C(=O)C(C#N)=C1C. The predicted octanol–water partition coefficient (Wildman–Crippen LogP) is 0.157. The van der Waals surface area contributed by atoms with E-state index in [4.69, 9.17) is 10.00 Å². The fourth-order valence-corrected chi connectivity index (χ4v) is 3.00. The number of nitrogens with one attached hydrogen (secondary N) is 1. The molecule has 2 N–H and O–H groups in total. The number of hydrogen-bond donors (Lipinski definition) is 2. The van der Waals surface area contributed by atoms with E-state index in [0.29, 0.717) is 17.8 Å². The third-order valence-corrected chi connectivity index (χ3v) is 4.03. The van der Waals surface area contributed by atoms with Gasteiger partial charge in [-0.1, -0.05) is 6.58 Å². The van der Waals surface area contributed by atoms with Crippen LogP contribution >= 0.6 is 0 Å². The number of hydrazine groups is 1. The molecule has 2 heterocycles. The molecular weight excluding hydrogens is 296 g/mol. The summed E-state index contributed by atoms with van der Waals surface area (Å²) in [5.74, 6) is -0.430. The van der Waals surface area contributed by atoms with Gasteiger partial charge in [0.15, 0.2) is 0 Å². The molecule has 0 aromatic heterocycles. The zero-order chi connectivity index (χ0) is 17.1. The molecule has 0 radical (unpaired) electrons. The van der Waals surface area contributed by atoms with Crippen LogP contribution < -0.4 is 5.43 Å². The van der Waals surface area contributed by atoms with Gasteiger partial charge in [-0.05, 0) is 26.3 Å². The van der Waals surface area contributed by atoms with Crippen molar-refractivity contribution >= 4 is 5.91 Å². The average Bonchev–Trinajstić information content (AvgIpc) is 2.44. The van der Waals surface area contributed by atoms with Crippen LogP contribution in [-0.2, 0) is 9.53 Å². The molecule has 2 rings (SSSR count). The molecule has 0 bridgehead atoms. The van der Waals surface area contributed by atoms with Crippen LogP contribution in [0, 0.1) is 11.3 Å². The topological polar surface area (TPSA) is 88.8 Å². The van der Waals surface area contributed by atoms with Crippen molar-refractivity contribution in [1.82, 2.24) is 15.3 Å². The van der Waals surface area contributed by atoms with Crippen molar-refractivity contribution in [3.63, 3.8) is 0 Å². The summed E-state index contributed by atoms with van der Waals surface area (Å²) in [6.45, 7) is 11.5. The van der Waals surface area contributed by atoms with Gasteiger partial charge < -0.3 is 9.84 Å². The van der Waals surface area contributed by atoms with Crippen molar-refractivity contribution in [1.29, 1.82) is 5.26 Å². The molecule has 0 saturated carbocycles. The minimum absolute atomic E-state index is 0.0644. The van der Waals surface area contributed by atoms with Crippen LogP contribution in [0.25, 0.3) is 0 Å². The maximum Gasteiger partial charge on any atom is 0.283 e. The van der Waals surface area contributed by atoms with E-state index in [1.54, 1.807) is 6.92 Å². The summed E-state index contributed by atoms with van der Waals surface area (Å²) in [6, 6.07) is 1.91. The van der Waals surface area contributed by atoms with E-state index >= 15 is 0 Å². The number of morpholine rings is 1. The lowest BCUT2D eigenvalue weighted by molar-refractivity contribution is -0.132. The lowest BCUT2D eigenvalue weighted by Crippen LogP contribution is -2.53. The average molecular weight is 320 g/mol. The Morgan fingerprint density at radius 2 is 2.04 bits per heavy atom. The molecule has 3 atom stereocenters. The Balaban J connectivity index is 1.95. The molecule has 1 amide bonds. The predicted molar refractivity (Wildman–Crippen MR) is 84.8 cm³/mol. The van der Waals surface area contributed by atoms with Crippen LogP contribution in [0.2, 0.25) is 0 Å². The second-order valence-electron chi connectivity index (χ2n) is 6.25. The summed E-state index contributed by atoms with van der Waals surface area (Å²) in [4.78, 5) is 14.4. The number of nitriles is 1. The van der Waals surface area contributed by atoms with Crippen LogP contribution in [0.1, 0.15) is 20.8 Å². The first-order chi connectivity index (χ1) is 10.8. The molecule has 2 aliphatic heterocycles.